The molecule has 0 aromatic heterocycles. The number of para-hydroxylation sites is 1. The largest absolute Gasteiger partial charge is 0.507 e. The fraction of sp³-hybridized carbons (Fsp3) is 0.320. The van der Waals surface area contributed by atoms with Crippen LogP contribution in [0.4, 0.5) is 0 Å². The van der Waals surface area contributed by atoms with E-state index in [0.717, 1.165) is 5.56 Å². The van der Waals surface area contributed by atoms with Gasteiger partial charge in [0, 0.05) is 23.5 Å². The minimum atomic E-state index is -0.899. The Hall–Kier alpha value is -3.81. The molecule has 1 fully saturated rings. The Morgan fingerprint density at radius 1 is 1.06 bits per heavy atom. The van der Waals surface area contributed by atoms with Gasteiger partial charge < -0.3 is 34.1 Å². The number of amides is 1. The Morgan fingerprint density at radius 3 is 2.45 bits per heavy atom. The summed E-state index contributed by atoms with van der Waals surface area (Å²) in [6.45, 7) is 1.81. The lowest BCUT2D eigenvalue weighted by Crippen LogP contribution is -2.58. The molecule has 2 unspecified atom stereocenters. The Morgan fingerprint density at radius 2 is 1.79 bits per heavy atom. The number of benzene rings is 2. The minimum absolute atomic E-state index is 0.146. The fourth-order valence-corrected chi connectivity index (χ4v) is 4.45. The van der Waals surface area contributed by atoms with Crippen LogP contribution in [-0.4, -0.2) is 45.2 Å². The lowest BCUT2D eigenvalue weighted by molar-refractivity contribution is -0.127. The highest BCUT2D eigenvalue weighted by Gasteiger charge is 2.48. The van der Waals surface area contributed by atoms with E-state index in [1.165, 1.54) is 20.3 Å². The van der Waals surface area contributed by atoms with Gasteiger partial charge in [-0.2, -0.15) is 0 Å². The molecule has 1 saturated heterocycles. The molecule has 0 radical (unpaired) electrons. The van der Waals surface area contributed by atoms with Crippen LogP contribution < -0.4 is 29.0 Å². The molecule has 2 atom stereocenters. The Kier molecular flexibility index (Phi) is 5.84. The first-order valence-corrected chi connectivity index (χ1v) is 10.4. The highest BCUT2D eigenvalue weighted by Crippen LogP contribution is 2.50. The Labute approximate surface area is 192 Å². The number of hydrogen-bond donors (Lipinski definition) is 2. The Bertz CT molecular complexity index is 1150. The van der Waals surface area contributed by atoms with Crippen LogP contribution in [0.25, 0.3) is 6.08 Å². The van der Waals surface area contributed by atoms with Crippen molar-refractivity contribution in [1.29, 1.82) is 0 Å². The van der Waals surface area contributed by atoms with Crippen LogP contribution in [0.5, 0.6) is 28.7 Å². The standard InChI is InChI=1S/C25H27NO7/c1-25-13-16(15-7-6-8-18(29-2)22(15)33-25)20(24(28)26-25)17(27)11-9-14-10-12-19(30-3)23(32-5)21(14)31-4/h6-12,16,27H,13H2,1-5H3,(H,26,28). The molecule has 2 aromatic carbocycles. The topological polar surface area (TPSA) is 95.5 Å². The van der Waals surface area contributed by atoms with E-state index in [1.54, 1.807) is 38.5 Å². The predicted octanol–water partition coefficient (Wildman–Crippen LogP) is 3.96. The molecule has 1 amide bonds. The number of hydrogen-bond acceptors (Lipinski definition) is 7. The second kappa shape index (κ2) is 8.61. The van der Waals surface area contributed by atoms with Gasteiger partial charge in [0.15, 0.2) is 28.7 Å². The fourth-order valence-electron chi connectivity index (χ4n) is 4.45. The molecule has 2 aliphatic rings. The van der Waals surface area contributed by atoms with Crippen LogP contribution in [0, 0.1) is 0 Å². The van der Waals surface area contributed by atoms with Gasteiger partial charge in [-0.1, -0.05) is 12.1 Å². The van der Waals surface area contributed by atoms with E-state index in [1.807, 2.05) is 19.1 Å². The smallest absolute Gasteiger partial charge is 0.254 e. The van der Waals surface area contributed by atoms with Crippen molar-refractivity contribution < 1.29 is 33.6 Å². The van der Waals surface area contributed by atoms with Gasteiger partial charge in [0.05, 0.1) is 34.0 Å². The van der Waals surface area contributed by atoms with Crippen LogP contribution in [-0.2, 0) is 4.79 Å². The van der Waals surface area contributed by atoms with Gasteiger partial charge in [0.1, 0.15) is 5.76 Å². The number of carbonyl (C=O) groups is 1. The first-order chi connectivity index (χ1) is 15.9. The molecule has 2 bridgehead atoms. The van der Waals surface area contributed by atoms with Gasteiger partial charge >= 0.3 is 0 Å². The van der Waals surface area contributed by atoms with E-state index >= 15 is 0 Å². The monoisotopic (exact) mass is 453 g/mol. The molecular formula is C25H27NO7. The SMILES string of the molecule is COc1cccc2c1OC1(C)CC2C(=C(O)C=Cc2ccc(OC)c(OC)c2OC)C(=O)N1. The number of aliphatic hydroxyl groups is 1. The van der Waals surface area contributed by atoms with Crippen molar-refractivity contribution in [3.63, 3.8) is 0 Å². The van der Waals surface area contributed by atoms with Crippen molar-refractivity contribution in [2.45, 2.75) is 25.0 Å². The first kappa shape index (κ1) is 22.4. The zero-order valence-corrected chi connectivity index (χ0v) is 19.2. The van der Waals surface area contributed by atoms with Gasteiger partial charge in [-0.05, 0) is 37.3 Å². The third-order valence-electron chi connectivity index (χ3n) is 5.93. The number of aliphatic hydroxyl groups excluding tert-OH is 1. The van der Waals surface area contributed by atoms with Crippen LogP contribution in [0.2, 0.25) is 0 Å². The number of piperidine rings is 1. The lowest BCUT2D eigenvalue weighted by Gasteiger charge is -2.45. The third kappa shape index (κ3) is 3.82. The maximum atomic E-state index is 13.0. The summed E-state index contributed by atoms with van der Waals surface area (Å²) in [5, 5.41) is 13.9. The molecule has 4 rings (SSSR count). The summed E-state index contributed by atoms with van der Waals surface area (Å²) in [7, 11) is 6.15. The van der Waals surface area contributed by atoms with Crippen molar-refractivity contribution in [2.75, 3.05) is 28.4 Å². The molecule has 2 aromatic rings. The van der Waals surface area contributed by atoms with E-state index in [9.17, 15) is 9.90 Å². The number of allylic oxidation sites excluding steroid dienone is 1. The molecule has 33 heavy (non-hydrogen) atoms. The van der Waals surface area contributed by atoms with Gasteiger partial charge in [-0.15, -0.1) is 0 Å². The summed E-state index contributed by atoms with van der Waals surface area (Å²) in [4.78, 5) is 13.0. The predicted molar refractivity (Wildman–Crippen MR) is 122 cm³/mol. The lowest BCUT2D eigenvalue weighted by atomic mass is 9.77. The average Bonchev–Trinajstić information content (AvgIpc) is 2.80. The molecule has 2 heterocycles. The summed E-state index contributed by atoms with van der Waals surface area (Å²) in [6, 6.07) is 9.05. The van der Waals surface area contributed by atoms with Gasteiger partial charge in [-0.25, -0.2) is 0 Å². The maximum absolute atomic E-state index is 13.0. The summed E-state index contributed by atoms with van der Waals surface area (Å²) in [5.41, 5.74) is 0.808. The van der Waals surface area contributed by atoms with Crippen molar-refractivity contribution in [3.05, 3.63) is 58.9 Å². The van der Waals surface area contributed by atoms with E-state index < -0.39 is 5.72 Å². The van der Waals surface area contributed by atoms with Gasteiger partial charge in [0.2, 0.25) is 5.75 Å². The van der Waals surface area contributed by atoms with Crippen LogP contribution in [0.15, 0.2) is 47.7 Å². The molecule has 8 nitrogen and oxygen atoms in total. The zero-order valence-electron chi connectivity index (χ0n) is 19.2. The van der Waals surface area contributed by atoms with Crippen molar-refractivity contribution in [3.8, 4) is 28.7 Å². The first-order valence-electron chi connectivity index (χ1n) is 10.4. The van der Waals surface area contributed by atoms with E-state index in [0.29, 0.717) is 40.7 Å². The van der Waals surface area contributed by atoms with Crippen molar-refractivity contribution >= 4 is 12.0 Å². The van der Waals surface area contributed by atoms with Crippen LogP contribution in [0.1, 0.15) is 30.4 Å². The van der Waals surface area contributed by atoms with Crippen molar-refractivity contribution in [1.82, 2.24) is 5.32 Å². The van der Waals surface area contributed by atoms with E-state index in [4.69, 9.17) is 23.7 Å². The summed E-state index contributed by atoms with van der Waals surface area (Å²) >= 11 is 0. The molecule has 174 valence electrons. The van der Waals surface area contributed by atoms with E-state index in [-0.39, 0.29) is 23.2 Å². The molecule has 0 aliphatic carbocycles. The number of nitrogens with one attached hydrogen (secondary N) is 1. The maximum Gasteiger partial charge on any atom is 0.254 e. The molecule has 8 heteroatoms. The van der Waals surface area contributed by atoms with E-state index in [2.05, 4.69) is 5.32 Å². The third-order valence-corrected chi connectivity index (χ3v) is 5.93. The second-order valence-electron chi connectivity index (χ2n) is 7.98. The van der Waals surface area contributed by atoms with Crippen molar-refractivity contribution in [2.24, 2.45) is 0 Å². The number of methoxy groups -OCH3 is 4. The highest BCUT2D eigenvalue weighted by molar-refractivity contribution is 5.98. The summed E-state index contributed by atoms with van der Waals surface area (Å²) in [6.07, 6.45) is 3.62. The average molecular weight is 453 g/mol. The number of fused-ring (bicyclic) bond motifs is 4. The van der Waals surface area contributed by atoms with Crippen LogP contribution >= 0.6 is 0 Å². The van der Waals surface area contributed by atoms with Gasteiger partial charge in [-0.3, -0.25) is 4.79 Å². The molecule has 0 saturated carbocycles. The number of rotatable bonds is 6. The Balaban J connectivity index is 1.78. The number of carbonyl (C=O) groups excluding carboxylic acids is 1. The normalized spacial score (nSPS) is 22.7. The second-order valence-corrected chi connectivity index (χ2v) is 7.98. The molecule has 2 aliphatic heterocycles. The molecular weight excluding hydrogens is 426 g/mol. The summed E-state index contributed by atoms with van der Waals surface area (Å²) < 4.78 is 27.8. The van der Waals surface area contributed by atoms with Gasteiger partial charge in [0.25, 0.3) is 5.91 Å². The van der Waals surface area contributed by atoms with Crippen LogP contribution in [0.3, 0.4) is 0 Å². The highest BCUT2D eigenvalue weighted by atomic mass is 16.5. The quantitative estimate of drug-likeness (QED) is 0.505. The molecule has 2 N–H and O–H groups in total. The minimum Gasteiger partial charge on any atom is -0.507 e. The number of ether oxygens (including phenoxy) is 5. The zero-order chi connectivity index (χ0) is 23.8. The summed E-state index contributed by atoms with van der Waals surface area (Å²) in [5.74, 6) is 1.65. The molecule has 0 spiro atoms.